The molecule has 2 atom stereocenters. The molecule has 0 saturated heterocycles. The monoisotopic (exact) mass is 281 g/mol. The van der Waals surface area contributed by atoms with Crippen molar-refractivity contribution in [2.75, 3.05) is 7.05 Å². The summed E-state index contributed by atoms with van der Waals surface area (Å²) in [6, 6.07) is 8.82. The van der Waals surface area contributed by atoms with Gasteiger partial charge in [0.2, 0.25) is 0 Å². The Bertz CT molecular complexity index is 522. The van der Waals surface area contributed by atoms with Gasteiger partial charge in [0.1, 0.15) is 0 Å². The Morgan fingerprint density at radius 3 is 2.42 bits per heavy atom. The van der Waals surface area contributed by atoms with Crippen LogP contribution >= 0.6 is 0 Å². The molecule has 2 rings (SSSR count). The molecule has 1 aromatic carbocycles. The Balaban J connectivity index is 2.39. The van der Waals surface area contributed by atoms with Crippen molar-refractivity contribution < 1.29 is 8.42 Å². The van der Waals surface area contributed by atoms with Crippen molar-refractivity contribution in [3.05, 3.63) is 30.3 Å². The van der Waals surface area contributed by atoms with E-state index in [0.717, 1.165) is 19.3 Å². The molecule has 1 aromatic rings. The molecule has 4 heteroatoms. The molecule has 0 heterocycles. The Morgan fingerprint density at radius 1 is 1.21 bits per heavy atom. The van der Waals surface area contributed by atoms with Crippen molar-refractivity contribution in [3.8, 4) is 0 Å². The average molecular weight is 281 g/mol. The molecule has 1 N–H and O–H groups in total. The molecular formula is C15H23NO2S. The van der Waals surface area contributed by atoms with Crippen molar-refractivity contribution in [2.24, 2.45) is 5.41 Å². The van der Waals surface area contributed by atoms with E-state index in [1.807, 2.05) is 13.1 Å². The number of sulfone groups is 1. The van der Waals surface area contributed by atoms with Crippen LogP contribution in [0.4, 0.5) is 0 Å². The van der Waals surface area contributed by atoms with Gasteiger partial charge in [0.15, 0.2) is 9.84 Å². The average Bonchev–Trinajstić information content (AvgIpc) is 2.38. The largest absolute Gasteiger partial charge is 0.315 e. The lowest BCUT2D eigenvalue weighted by molar-refractivity contribution is 0.178. The first-order valence-corrected chi connectivity index (χ1v) is 8.40. The van der Waals surface area contributed by atoms with Crippen molar-refractivity contribution >= 4 is 9.84 Å². The number of benzene rings is 1. The first kappa shape index (κ1) is 14.5. The van der Waals surface area contributed by atoms with E-state index < -0.39 is 9.84 Å². The zero-order chi connectivity index (χ0) is 14.1. The van der Waals surface area contributed by atoms with E-state index in [-0.39, 0.29) is 16.7 Å². The van der Waals surface area contributed by atoms with E-state index in [1.165, 1.54) is 0 Å². The first-order valence-electron chi connectivity index (χ1n) is 6.86. The van der Waals surface area contributed by atoms with Gasteiger partial charge in [-0.1, -0.05) is 38.5 Å². The highest BCUT2D eigenvalue weighted by molar-refractivity contribution is 7.92. The minimum Gasteiger partial charge on any atom is -0.315 e. The van der Waals surface area contributed by atoms with Crippen LogP contribution < -0.4 is 5.32 Å². The van der Waals surface area contributed by atoms with Gasteiger partial charge in [-0.15, -0.1) is 0 Å². The van der Waals surface area contributed by atoms with Crippen LogP contribution in [0.1, 0.15) is 33.1 Å². The van der Waals surface area contributed by atoms with Crippen molar-refractivity contribution in [3.63, 3.8) is 0 Å². The summed E-state index contributed by atoms with van der Waals surface area (Å²) in [6.45, 7) is 4.31. The summed E-state index contributed by atoms with van der Waals surface area (Å²) in [4.78, 5) is 0.443. The van der Waals surface area contributed by atoms with E-state index in [0.29, 0.717) is 4.90 Å². The summed E-state index contributed by atoms with van der Waals surface area (Å²) in [5.41, 5.74) is 0.0134. The topological polar surface area (TPSA) is 46.2 Å². The number of hydrogen-bond donors (Lipinski definition) is 1. The number of hydrogen-bond acceptors (Lipinski definition) is 3. The smallest absolute Gasteiger partial charge is 0.182 e. The third kappa shape index (κ3) is 2.70. The van der Waals surface area contributed by atoms with Crippen LogP contribution in [0.15, 0.2) is 35.2 Å². The molecule has 1 saturated carbocycles. The summed E-state index contributed by atoms with van der Waals surface area (Å²) in [6.07, 6.45) is 2.79. The summed E-state index contributed by atoms with van der Waals surface area (Å²) in [7, 11) is -1.39. The molecule has 3 nitrogen and oxygen atoms in total. The first-order chi connectivity index (χ1) is 8.89. The molecule has 19 heavy (non-hydrogen) atoms. The zero-order valence-electron chi connectivity index (χ0n) is 11.9. The van der Waals surface area contributed by atoms with Crippen molar-refractivity contribution in [2.45, 2.75) is 49.3 Å². The molecule has 0 aromatic heterocycles. The SMILES string of the molecule is CNC1C(S(=O)(=O)c2ccccc2)CCCC1(C)C. The molecule has 2 unspecified atom stereocenters. The second-order valence-electron chi connectivity index (χ2n) is 6.04. The fourth-order valence-electron chi connectivity index (χ4n) is 3.28. The van der Waals surface area contributed by atoms with Gasteiger partial charge in [-0.2, -0.15) is 0 Å². The number of nitrogens with one attached hydrogen (secondary N) is 1. The fourth-order valence-corrected chi connectivity index (χ4v) is 5.51. The second kappa shape index (κ2) is 5.25. The Hall–Kier alpha value is -0.870. The third-order valence-corrected chi connectivity index (χ3v) is 6.54. The molecule has 0 aliphatic heterocycles. The van der Waals surface area contributed by atoms with Crippen LogP contribution in [0.2, 0.25) is 0 Å². The molecule has 1 fully saturated rings. The molecule has 0 amide bonds. The molecule has 106 valence electrons. The Labute approximate surface area is 116 Å². The highest BCUT2D eigenvalue weighted by Crippen LogP contribution is 2.39. The van der Waals surface area contributed by atoms with Gasteiger partial charge < -0.3 is 5.32 Å². The van der Waals surface area contributed by atoms with Gasteiger partial charge in [0, 0.05) is 6.04 Å². The highest BCUT2D eigenvalue weighted by Gasteiger charge is 2.44. The summed E-state index contributed by atoms with van der Waals surface area (Å²) in [5, 5.41) is 2.91. The van der Waals surface area contributed by atoms with E-state index >= 15 is 0 Å². The van der Waals surface area contributed by atoms with Crippen LogP contribution in [-0.4, -0.2) is 26.8 Å². The lowest BCUT2D eigenvalue weighted by Crippen LogP contribution is -2.54. The lowest BCUT2D eigenvalue weighted by Gasteiger charge is -2.43. The van der Waals surface area contributed by atoms with Gasteiger partial charge in [-0.3, -0.25) is 0 Å². The van der Waals surface area contributed by atoms with E-state index in [1.54, 1.807) is 24.3 Å². The van der Waals surface area contributed by atoms with Crippen LogP contribution in [0.25, 0.3) is 0 Å². The maximum Gasteiger partial charge on any atom is 0.182 e. The summed E-state index contributed by atoms with van der Waals surface area (Å²) in [5.74, 6) is 0. The standard InChI is InChI=1S/C15H23NO2S/c1-15(2)11-7-10-13(14(15)16-3)19(17,18)12-8-5-4-6-9-12/h4-6,8-9,13-14,16H,7,10-11H2,1-3H3. The van der Waals surface area contributed by atoms with Crippen molar-refractivity contribution in [1.82, 2.24) is 5.32 Å². The molecular weight excluding hydrogens is 258 g/mol. The van der Waals surface area contributed by atoms with Crippen LogP contribution in [0.5, 0.6) is 0 Å². The zero-order valence-corrected chi connectivity index (χ0v) is 12.7. The molecule has 1 aliphatic rings. The number of rotatable bonds is 3. The van der Waals surface area contributed by atoms with Crippen LogP contribution in [0, 0.1) is 5.41 Å². The maximum absolute atomic E-state index is 12.8. The highest BCUT2D eigenvalue weighted by atomic mass is 32.2. The minimum absolute atomic E-state index is 0.00598. The predicted octanol–water partition coefficient (Wildman–Crippen LogP) is 2.63. The quantitative estimate of drug-likeness (QED) is 0.926. The molecule has 0 bridgehead atoms. The van der Waals surface area contributed by atoms with E-state index in [2.05, 4.69) is 19.2 Å². The lowest BCUT2D eigenvalue weighted by atomic mass is 9.73. The minimum atomic E-state index is -3.26. The van der Waals surface area contributed by atoms with Crippen LogP contribution in [-0.2, 0) is 9.84 Å². The van der Waals surface area contributed by atoms with Crippen LogP contribution in [0.3, 0.4) is 0 Å². The van der Waals surface area contributed by atoms with Gasteiger partial charge in [-0.25, -0.2) is 8.42 Å². The van der Waals surface area contributed by atoms with E-state index in [4.69, 9.17) is 0 Å². The fraction of sp³-hybridized carbons (Fsp3) is 0.600. The van der Waals surface area contributed by atoms with Gasteiger partial charge >= 0.3 is 0 Å². The van der Waals surface area contributed by atoms with Gasteiger partial charge in [0.25, 0.3) is 0 Å². The second-order valence-corrected chi connectivity index (χ2v) is 8.21. The Kier molecular flexibility index (Phi) is 4.02. The third-order valence-electron chi connectivity index (χ3n) is 4.30. The Morgan fingerprint density at radius 2 is 1.84 bits per heavy atom. The molecule has 1 aliphatic carbocycles. The molecule has 0 spiro atoms. The normalized spacial score (nSPS) is 27.1. The summed E-state index contributed by atoms with van der Waals surface area (Å²) < 4.78 is 25.6. The van der Waals surface area contributed by atoms with Gasteiger partial charge in [-0.05, 0) is 37.4 Å². The maximum atomic E-state index is 12.8. The van der Waals surface area contributed by atoms with Gasteiger partial charge in [0.05, 0.1) is 10.1 Å². The predicted molar refractivity (Wildman–Crippen MR) is 77.9 cm³/mol. The summed E-state index contributed by atoms with van der Waals surface area (Å²) >= 11 is 0. The van der Waals surface area contributed by atoms with Crippen molar-refractivity contribution in [1.29, 1.82) is 0 Å². The van der Waals surface area contributed by atoms with E-state index in [9.17, 15) is 8.42 Å². The molecule has 0 radical (unpaired) electrons.